The highest BCUT2D eigenvalue weighted by Gasteiger charge is 2.08. The van der Waals surface area contributed by atoms with Gasteiger partial charge < -0.3 is 9.52 Å². The first-order chi connectivity index (χ1) is 10.2. The molecule has 0 saturated carbocycles. The van der Waals surface area contributed by atoms with Crippen LogP contribution in [0.3, 0.4) is 0 Å². The molecule has 1 aromatic carbocycles. The normalized spacial score (nSPS) is 11.0. The van der Waals surface area contributed by atoms with Crippen LogP contribution in [0, 0.1) is 0 Å². The van der Waals surface area contributed by atoms with E-state index in [0.29, 0.717) is 23.9 Å². The lowest BCUT2D eigenvalue weighted by Crippen LogP contribution is -2.00. The molecule has 108 valence electrons. The molecule has 0 aliphatic carbocycles. The highest BCUT2D eigenvalue weighted by Crippen LogP contribution is 2.21. The summed E-state index contributed by atoms with van der Waals surface area (Å²) in [4.78, 5) is 4.41. The number of aromatic nitrogens is 4. The van der Waals surface area contributed by atoms with Crippen molar-refractivity contribution in [3.05, 3.63) is 53.1 Å². The number of oxazole rings is 1. The van der Waals surface area contributed by atoms with Gasteiger partial charge in [-0.25, -0.2) is 9.67 Å². The molecular formula is C14H13ClN4O2. The van der Waals surface area contributed by atoms with Gasteiger partial charge in [0.2, 0.25) is 5.89 Å². The molecule has 0 fully saturated rings. The summed E-state index contributed by atoms with van der Waals surface area (Å²) in [7, 11) is 0. The quantitative estimate of drug-likeness (QED) is 0.781. The standard InChI is InChI=1S/C14H13ClN4O2/c15-11-3-1-10(2-4-11)14-16-13(9-21-14)8-19-7-12(5-6-20)17-18-19/h1-4,7,9,20H,5-6,8H2. The van der Waals surface area contributed by atoms with Gasteiger partial charge in [-0.2, -0.15) is 0 Å². The molecule has 0 bridgehead atoms. The van der Waals surface area contributed by atoms with E-state index in [4.69, 9.17) is 21.1 Å². The van der Waals surface area contributed by atoms with Crippen molar-refractivity contribution in [3.8, 4) is 11.5 Å². The van der Waals surface area contributed by atoms with Gasteiger partial charge in [-0.1, -0.05) is 16.8 Å². The third kappa shape index (κ3) is 3.29. The topological polar surface area (TPSA) is 77.0 Å². The van der Waals surface area contributed by atoms with E-state index in [2.05, 4.69) is 15.3 Å². The van der Waals surface area contributed by atoms with E-state index in [0.717, 1.165) is 17.0 Å². The average Bonchev–Trinajstić information content (AvgIpc) is 3.11. The Labute approximate surface area is 126 Å². The Morgan fingerprint density at radius 3 is 2.76 bits per heavy atom. The monoisotopic (exact) mass is 304 g/mol. The van der Waals surface area contributed by atoms with Crippen molar-refractivity contribution in [2.45, 2.75) is 13.0 Å². The SMILES string of the molecule is OCCc1cn(Cc2coc(-c3ccc(Cl)cc3)n2)nn1. The molecule has 0 unspecified atom stereocenters. The molecule has 0 amide bonds. The maximum atomic E-state index is 8.85. The van der Waals surface area contributed by atoms with Crippen molar-refractivity contribution in [1.29, 1.82) is 0 Å². The average molecular weight is 305 g/mol. The molecule has 7 heteroatoms. The molecule has 1 N–H and O–H groups in total. The summed E-state index contributed by atoms with van der Waals surface area (Å²) in [5.74, 6) is 0.539. The number of halogens is 1. The van der Waals surface area contributed by atoms with Crippen LogP contribution in [-0.2, 0) is 13.0 Å². The second-order valence-corrected chi connectivity index (χ2v) is 4.97. The summed E-state index contributed by atoms with van der Waals surface area (Å²) in [6, 6.07) is 7.29. The van der Waals surface area contributed by atoms with Gasteiger partial charge in [-0.15, -0.1) is 5.10 Å². The Balaban J connectivity index is 1.73. The largest absolute Gasteiger partial charge is 0.444 e. The molecular weight excluding hydrogens is 292 g/mol. The zero-order valence-corrected chi connectivity index (χ0v) is 11.9. The van der Waals surface area contributed by atoms with E-state index < -0.39 is 0 Å². The lowest BCUT2D eigenvalue weighted by molar-refractivity contribution is 0.298. The van der Waals surface area contributed by atoms with E-state index >= 15 is 0 Å². The van der Waals surface area contributed by atoms with Crippen LogP contribution in [0.1, 0.15) is 11.4 Å². The number of aliphatic hydroxyl groups is 1. The van der Waals surface area contributed by atoms with Crippen LogP contribution in [0.25, 0.3) is 11.5 Å². The van der Waals surface area contributed by atoms with Crippen molar-refractivity contribution < 1.29 is 9.52 Å². The Hall–Kier alpha value is -2.18. The van der Waals surface area contributed by atoms with Crippen LogP contribution in [0.4, 0.5) is 0 Å². The van der Waals surface area contributed by atoms with E-state index in [1.54, 1.807) is 29.3 Å². The van der Waals surface area contributed by atoms with E-state index in [1.165, 1.54) is 0 Å². The second kappa shape index (κ2) is 6.07. The molecule has 21 heavy (non-hydrogen) atoms. The van der Waals surface area contributed by atoms with Crippen LogP contribution < -0.4 is 0 Å². The first kappa shape index (κ1) is 13.8. The van der Waals surface area contributed by atoms with E-state index in [9.17, 15) is 0 Å². The van der Waals surface area contributed by atoms with Crippen molar-refractivity contribution in [2.24, 2.45) is 0 Å². The number of hydrogen-bond donors (Lipinski definition) is 1. The van der Waals surface area contributed by atoms with Gasteiger partial charge in [0, 0.05) is 29.8 Å². The molecule has 0 spiro atoms. The fourth-order valence-electron chi connectivity index (χ4n) is 1.92. The zero-order chi connectivity index (χ0) is 14.7. The van der Waals surface area contributed by atoms with Gasteiger partial charge in [0.1, 0.15) is 12.0 Å². The van der Waals surface area contributed by atoms with Crippen LogP contribution in [0.5, 0.6) is 0 Å². The molecule has 0 aliphatic heterocycles. The van der Waals surface area contributed by atoms with Gasteiger partial charge in [0.15, 0.2) is 0 Å². The summed E-state index contributed by atoms with van der Waals surface area (Å²) in [6.07, 6.45) is 3.87. The third-order valence-corrected chi connectivity index (χ3v) is 3.17. The summed E-state index contributed by atoms with van der Waals surface area (Å²) >= 11 is 5.85. The fourth-order valence-corrected chi connectivity index (χ4v) is 2.04. The minimum Gasteiger partial charge on any atom is -0.444 e. The van der Waals surface area contributed by atoms with E-state index in [-0.39, 0.29) is 6.61 Å². The molecule has 3 aromatic rings. The highest BCUT2D eigenvalue weighted by atomic mass is 35.5. The molecule has 0 saturated heterocycles. The smallest absolute Gasteiger partial charge is 0.226 e. The van der Waals surface area contributed by atoms with E-state index in [1.807, 2.05) is 12.1 Å². The molecule has 3 rings (SSSR count). The minimum atomic E-state index is 0.0589. The maximum Gasteiger partial charge on any atom is 0.226 e. The number of hydrogen-bond acceptors (Lipinski definition) is 5. The molecule has 0 radical (unpaired) electrons. The lowest BCUT2D eigenvalue weighted by Gasteiger charge is -1.95. The van der Waals surface area contributed by atoms with Crippen LogP contribution in [0.15, 0.2) is 41.1 Å². The Bertz CT molecular complexity index is 721. The number of aliphatic hydroxyl groups excluding tert-OH is 1. The maximum absolute atomic E-state index is 8.85. The van der Waals surface area contributed by atoms with Crippen LogP contribution in [-0.4, -0.2) is 31.7 Å². The summed E-state index contributed by atoms with van der Waals surface area (Å²) in [6.45, 7) is 0.527. The van der Waals surface area contributed by atoms with Crippen molar-refractivity contribution in [2.75, 3.05) is 6.61 Å². The van der Waals surface area contributed by atoms with Gasteiger partial charge in [-0.05, 0) is 24.3 Å². The number of rotatable bonds is 5. The Morgan fingerprint density at radius 1 is 1.19 bits per heavy atom. The number of benzene rings is 1. The van der Waals surface area contributed by atoms with Crippen LogP contribution >= 0.6 is 11.6 Å². The van der Waals surface area contributed by atoms with Gasteiger partial charge in [0.05, 0.1) is 12.2 Å². The summed E-state index contributed by atoms with van der Waals surface area (Å²) in [5.41, 5.74) is 2.37. The lowest BCUT2D eigenvalue weighted by atomic mass is 10.2. The van der Waals surface area contributed by atoms with Crippen molar-refractivity contribution in [1.82, 2.24) is 20.0 Å². The molecule has 2 aromatic heterocycles. The molecule has 0 aliphatic rings. The third-order valence-electron chi connectivity index (χ3n) is 2.92. The predicted octanol–water partition coefficient (Wildman–Crippen LogP) is 2.17. The van der Waals surface area contributed by atoms with Crippen molar-refractivity contribution in [3.63, 3.8) is 0 Å². The second-order valence-electron chi connectivity index (χ2n) is 4.53. The van der Waals surface area contributed by atoms with Gasteiger partial charge in [-0.3, -0.25) is 0 Å². The number of nitrogens with zero attached hydrogens (tertiary/aromatic N) is 4. The minimum absolute atomic E-state index is 0.0589. The Morgan fingerprint density at radius 2 is 2.00 bits per heavy atom. The summed E-state index contributed by atoms with van der Waals surface area (Å²) < 4.78 is 7.12. The Kier molecular flexibility index (Phi) is 3.98. The predicted molar refractivity (Wildman–Crippen MR) is 76.9 cm³/mol. The van der Waals surface area contributed by atoms with Crippen LogP contribution in [0.2, 0.25) is 5.02 Å². The molecule has 0 atom stereocenters. The first-order valence-electron chi connectivity index (χ1n) is 6.45. The van der Waals surface area contributed by atoms with Gasteiger partial charge >= 0.3 is 0 Å². The first-order valence-corrected chi connectivity index (χ1v) is 6.82. The highest BCUT2D eigenvalue weighted by molar-refractivity contribution is 6.30. The molecule has 6 nitrogen and oxygen atoms in total. The zero-order valence-electron chi connectivity index (χ0n) is 11.1. The summed E-state index contributed by atoms with van der Waals surface area (Å²) in [5, 5.41) is 17.5. The van der Waals surface area contributed by atoms with Gasteiger partial charge in [0.25, 0.3) is 0 Å². The van der Waals surface area contributed by atoms with Crippen molar-refractivity contribution >= 4 is 11.6 Å². The fraction of sp³-hybridized carbons (Fsp3) is 0.214. The molecule has 2 heterocycles.